The summed E-state index contributed by atoms with van der Waals surface area (Å²) in [6.45, 7) is 3.97. The van der Waals surface area contributed by atoms with Crippen LogP contribution < -0.4 is 4.90 Å². The van der Waals surface area contributed by atoms with Gasteiger partial charge in [0.2, 0.25) is 0 Å². The first kappa shape index (κ1) is 13.5. The molecule has 0 spiro atoms. The van der Waals surface area contributed by atoms with E-state index in [-0.39, 0.29) is 6.04 Å². The van der Waals surface area contributed by atoms with Gasteiger partial charge in [-0.15, -0.1) is 0 Å². The summed E-state index contributed by atoms with van der Waals surface area (Å²) in [6, 6.07) is 10.1. The third-order valence-electron chi connectivity index (χ3n) is 3.11. The molecule has 0 saturated heterocycles. The van der Waals surface area contributed by atoms with Gasteiger partial charge in [-0.1, -0.05) is 25.1 Å². The van der Waals surface area contributed by atoms with E-state index in [9.17, 15) is 5.11 Å². The normalized spacial score (nSPS) is 13.8. The summed E-state index contributed by atoms with van der Waals surface area (Å²) in [7, 11) is 1.96. The van der Waals surface area contributed by atoms with Gasteiger partial charge < -0.3 is 10.0 Å². The Morgan fingerprint density at radius 1 is 1.41 bits per heavy atom. The molecule has 92 valence electrons. The predicted octanol–water partition coefficient (Wildman–Crippen LogP) is 2.87. The van der Waals surface area contributed by atoms with E-state index in [0.29, 0.717) is 12.8 Å². The summed E-state index contributed by atoms with van der Waals surface area (Å²) in [6.07, 6.45) is 0.729. The van der Waals surface area contributed by atoms with E-state index >= 15 is 0 Å². The Balaban J connectivity index is 3.01. The minimum absolute atomic E-state index is 0.144. The highest BCUT2D eigenvalue weighted by atomic mass is 16.3. The Morgan fingerprint density at radius 2 is 2.06 bits per heavy atom. The highest BCUT2D eigenvalue weighted by molar-refractivity contribution is 5.54. The summed E-state index contributed by atoms with van der Waals surface area (Å²) < 4.78 is 0. The van der Waals surface area contributed by atoms with E-state index < -0.39 is 6.10 Å². The number of aliphatic hydroxyl groups is 1. The summed E-state index contributed by atoms with van der Waals surface area (Å²) in [5.41, 5.74) is 1.94. The van der Waals surface area contributed by atoms with Gasteiger partial charge >= 0.3 is 0 Å². The molecule has 0 saturated carbocycles. The molecule has 0 heterocycles. The number of benzene rings is 1. The fourth-order valence-electron chi connectivity index (χ4n) is 1.82. The second-order valence-electron chi connectivity index (χ2n) is 4.31. The highest BCUT2D eigenvalue weighted by Crippen LogP contribution is 2.28. The van der Waals surface area contributed by atoms with Gasteiger partial charge in [0.05, 0.1) is 18.6 Å². The van der Waals surface area contributed by atoms with Crippen LogP contribution in [0.1, 0.15) is 38.4 Å². The zero-order valence-corrected chi connectivity index (χ0v) is 10.7. The molecule has 2 unspecified atom stereocenters. The lowest BCUT2D eigenvalue weighted by Crippen LogP contribution is -2.29. The van der Waals surface area contributed by atoms with Crippen LogP contribution in [-0.4, -0.2) is 18.2 Å². The third kappa shape index (κ3) is 3.21. The number of rotatable bonds is 5. The molecule has 3 nitrogen and oxygen atoms in total. The van der Waals surface area contributed by atoms with Gasteiger partial charge in [-0.05, 0) is 19.4 Å². The SMILES string of the molecule is CCC(O)c1ccccc1N(C)C(C)CC#N. The van der Waals surface area contributed by atoms with Crippen molar-refractivity contribution in [3.63, 3.8) is 0 Å². The predicted molar refractivity (Wildman–Crippen MR) is 69.8 cm³/mol. The van der Waals surface area contributed by atoms with E-state index in [1.165, 1.54) is 0 Å². The number of aliphatic hydroxyl groups excluding tert-OH is 1. The van der Waals surface area contributed by atoms with Crippen molar-refractivity contribution in [2.45, 2.75) is 38.8 Å². The number of hydrogen-bond donors (Lipinski definition) is 1. The molecule has 3 heteroatoms. The van der Waals surface area contributed by atoms with Crippen LogP contribution in [-0.2, 0) is 0 Å². The number of anilines is 1. The van der Waals surface area contributed by atoms with Gasteiger partial charge in [0.15, 0.2) is 0 Å². The summed E-state index contributed by atoms with van der Waals surface area (Å²) in [4.78, 5) is 2.05. The fraction of sp³-hybridized carbons (Fsp3) is 0.500. The van der Waals surface area contributed by atoms with Crippen LogP contribution in [0.3, 0.4) is 0 Å². The van der Waals surface area contributed by atoms with E-state index in [2.05, 4.69) is 11.0 Å². The maximum atomic E-state index is 9.98. The summed E-state index contributed by atoms with van der Waals surface area (Å²) in [5.74, 6) is 0. The molecule has 0 fully saturated rings. The quantitative estimate of drug-likeness (QED) is 0.849. The molecular formula is C14H20N2O. The monoisotopic (exact) mass is 232 g/mol. The molecule has 0 bridgehead atoms. The molecule has 1 aromatic carbocycles. The van der Waals surface area contributed by atoms with Gasteiger partial charge in [0.1, 0.15) is 0 Å². The van der Waals surface area contributed by atoms with Crippen molar-refractivity contribution in [3.05, 3.63) is 29.8 Å². The van der Waals surface area contributed by atoms with Crippen molar-refractivity contribution in [2.75, 3.05) is 11.9 Å². The van der Waals surface area contributed by atoms with Crippen LogP contribution in [0.4, 0.5) is 5.69 Å². The number of nitrogens with zero attached hydrogens (tertiary/aromatic N) is 2. The van der Waals surface area contributed by atoms with Crippen LogP contribution in [0, 0.1) is 11.3 Å². The number of hydrogen-bond acceptors (Lipinski definition) is 3. The van der Waals surface area contributed by atoms with Gasteiger partial charge in [-0.2, -0.15) is 5.26 Å². The maximum absolute atomic E-state index is 9.98. The minimum Gasteiger partial charge on any atom is -0.388 e. The molecule has 0 aromatic heterocycles. The highest BCUT2D eigenvalue weighted by Gasteiger charge is 2.16. The Hall–Kier alpha value is -1.53. The molecule has 17 heavy (non-hydrogen) atoms. The molecule has 2 atom stereocenters. The average Bonchev–Trinajstić information content (AvgIpc) is 2.37. The molecule has 1 N–H and O–H groups in total. The molecule has 0 aliphatic heterocycles. The molecule has 1 rings (SSSR count). The first-order valence-electron chi connectivity index (χ1n) is 5.98. The lowest BCUT2D eigenvalue weighted by atomic mass is 10.0. The zero-order valence-electron chi connectivity index (χ0n) is 10.7. The molecule has 1 aromatic rings. The Bertz CT molecular complexity index is 397. The minimum atomic E-state index is -0.442. The van der Waals surface area contributed by atoms with Gasteiger partial charge in [0, 0.05) is 24.3 Å². The van der Waals surface area contributed by atoms with Crippen LogP contribution in [0.15, 0.2) is 24.3 Å². The van der Waals surface area contributed by atoms with Crippen molar-refractivity contribution in [1.29, 1.82) is 5.26 Å². The van der Waals surface area contributed by atoms with Crippen molar-refractivity contribution in [1.82, 2.24) is 0 Å². The second kappa shape index (κ2) is 6.27. The van der Waals surface area contributed by atoms with Crippen LogP contribution in [0.25, 0.3) is 0 Å². The largest absolute Gasteiger partial charge is 0.388 e. The molecule has 0 aliphatic carbocycles. The Kier molecular flexibility index (Phi) is 4.99. The second-order valence-corrected chi connectivity index (χ2v) is 4.31. The first-order valence-corrected chi connectivity index (χ1v) is 5.98. The number of para-hydroxylation sites is 1. The Morgan fingerprint density at radius 3 is 2.65 bits per heavy atom. The summed E-state index contributed by atoms with van der Waals surface area (Å²) >= 11 is 0. The molecular weight excluding hydrogens is 212 g/mol. The van der Waals surface area contributed by atoms with E-state index in [0.717, 1.165) is 11.3 Å². The van der Waals surface area contributed by atoms with Gasteiger partial charge in [-0.3, -0.25) is 0 Å². The molecule has 0 radical (unpaired) electrons. The first-order chi connectivity index (χ1) is 8.11. The molecule has 0 aliphatic rings. The van der Waals surface area contributed by atoms with E-state index in [4.69, 9.17) is 5.26 Å². The topological polar surface area (TPSA) is 47.3 Å². The Labute approximate surface area is 103 Å². The van der Waals surface area contributed by atoms with Gasteiger partial charge in [-0.25, -0.2) is 0 Å². The standard InChI is InChI=1S/C14H20N2O/c1-4-14(17)12-7-5-6-8-13(12)16(3)11(2)9-10-15/h5-8,11,14,17H,4,9H2,1-3H3. The average molecular weight is 232 g/mol. The lowest BCUT2D eigenvalue weighted by Gasteiger charge is -2.28. The lowest BCUT2D eigenvalue weighted by molar-refractivity contribution is 0.174. The van der Waals surface area contributed by atoms with Crippen molar-refractivity contribution in [2.24, 2.45) is 0 Å². The fourth-order valence-corrected chi connectivity index (χ4v) is 1.82. The third-order valence-corrected chi connectivity index (χ3v) is 3.11. The maximum Gasteiger partial charge on any atom is 0.0807 e. The van der Waals surface area contributed by atoms with Crippen LogP contribution in [0.5, 0.6) is 0 Å². The van der Waals surface area contributed by atoms with E-state index in [1.54, 1.807) is 0 Å². The van der Waals surface area contributed by atoms with Crippen LogP contribution in [0.2, 0.25) is 0 Å². The van der Waals surface area contributed by atoms with Gasteiger partial charge in [0.25, 0.3) is 0 Å². The van der Waals surface area contributed by atoms with Crippen molar-refractivity contribution >= 4 is 5.69 Å². The van der Waals surface area contributed by atoms with Crippen LogP contribution >= 0.6 is 0 Å². The summed E-state index contributed by atoms with van der Waals surface area (Å²) in [5, 5.41) is 18.7. The molecule has 0 amide bonds. The van der Waals surface area contributed by atoms with Crippen molar-refractivity contribution < 1.29 is 5.11 Å². The van der Waals surface area contributed by atoms with Crippen molar-refractivity contribution in [3.8, 4) is 6.07 Å². The zero-order chi connectivity index (χ0) is 12.8. The smallest absolute Gasteiger partial charge is 0.0807 e. The van der Waals surface area contributed by atoms with E-state index in [1.807, 2.05) is 45.2 Å². The number of nitriles is 1.